The molecule has 4 bridgehead atoms. The van der Waals surface area contributed by atoms with Crippen LogP contribution in [0.2, 0.25) is 0 Å². The molecule has 5 aliphatic rings. The molecule has 2 unspecified atom stereocenters. The lowest BCUT2D eigenvalue weighted by molar-refractivity contribution is -0.137. The summed E-state index contributed by atoms with van der Waals surface area (Å²) in [6, 6.07) is 11.4. The Bertz CT molecular complexity index is 714. The molecular formula is C24H32ClNO. The molecule has 0 aromatic heterocycles. The predicted octanol–water partition coefficient (Wildman–Crippen LogP) is 5.58. The summed E-state index contributed by atoms with van der Waals surface area (Å²) >= 11 is 6.32. The average Bonchev–Trinajstić information content (AvgIpc) is 3.03. The third-order valence-electron chi connectivity index (χ3n) is 8.66. The van der Waals surface area contributed by atoms with Gasteiger partial charge < -0.3 is 5.32 Å². The lowest BCUT2D eigenvalue weighted by atomic mass is 9.63. The van der Waals surface area contributed by atoms with Crippen LogP contribution in [0, 0.1) is 16.7 Å². The third-order valence-corrected chi connectivity index (χ3v) is 8.85. The Hall–Kier alpha value is -1.02. The van der Waals surface area contributed by atoms with E-state index in [1.807, 2.05) is 0 Å². The van der Waals surface area contributed by atoms with Gasteiger partial charge in [0.15, 0.2) is 0 Å². The SMILES string of the molecule is O=C(NC1CCCCC1)C12CC3C[C@](c4ccccc4)(C1)C[C@@]2(CCCl)C3. The number of benzene rings is 1. The van der Waals surface area contributed by atoms with E-state index in [1.54, 1.807) is 0 Å². The minimum absolute atomic E-state index is 0.117. The van der Waals surface area contributed by atoms with Crippen LogP contribution in [-0.4, -0.2) is 17.8 Å². The largest absolute Gasteiger partial charge is 0.353 e. The molecule has 6 rings (SSSR count). The first-order chi connectivity index (χ1) is 13.1. The smallest absolute Gasteiger partial charge is 0.227 e. The molecule has 1 amide bonds. The molecule has 5 aliphatic carbocycles. The summed E-state index contributed by atoms with van der Waals surface area (Å²) in [5.41, 5.74) is 1.59. The molecule has 27 heavy (non-hydrogen) atoms. The summed E-state index contributed by atoms with van der Waals surface area (Å²) in [5, 5.41) is 3.53. The van der Waals surface area contributed by atoms with Crippen LogP contribution in [0.15, 0.2) is 30.3 Å². The number of amides is 1. The van der Waals surface area contributed by atoms with Crippen molar-refractivity contribution in [3.63, 3.8) is 0 Å². The second kappa shape index (κ2) is 6.51. The molecule has 1 aromatic rings. The van der Waals surface area contributed by atoms with E-state index in [0.29, 0.717) is 23.7 Å². The molecule has 4 atom stereocenters. The fraction of sp³-hybridized carbons (Fsp3) is 0.708. The maximum atomic E-state index is 13.8. The van der Waals surface area contributed by atoms with Gasteiger partial charge in [0.25, 0.3) is 0 Å². The molecule has 0 saturated heterocycles. The van der Waals surface area contributed by atoms with Crippen LogP contribution in [-0.2, 0) is 10.2 Å². The summed E-state index contributed by atoms with van der Waals surface area (Å²) in [6.45, 7) is 0. The molecule has 0 heterocycles. The summed E-state index contributed by atoms with van der Waals surface area (Å²) in [7, 11) is 0. The quantitative estimate of drug-likeness (QED) is 0.658. The van der Waals surface area contributed by atoms with Gasteiger partial charge in [-0.2, -0.15) is 0 Å². The molecule has 5 fully saturated rings. The Balaban J connectivity index is 1.50. The molecule has 2 nitrogen and oxygen atoms in total. The summed E-state index contributed by atoms with van der Waals surface area (Å²) < 4.78 is 0. The molecular weight excluding hydrogens is 354 g/mol. The first-order valence-electron chi connectivity index (χ1n) is 11.0. The molecule has 3 heteroatoms. The maximum absolute atomic E-state index is 13.8. The van der Waals surface area contributed by atoms with Crippen LogP contribution in [0.1, 0.15) is 76.2 Å². The molecule has 0 radical (unpaired) electrons. The second-order valence-corrected chi connectivity index (χ2v) is 10.5. The molecule has 0 spiro atoms. The molecule has 5 saturated carbocycles. The van der Waals surface area contributed by atoms with Crippen molar-refractivity contribution >= 4 is 17.5 Å². The third kappa shape index (κ3) is 2.62. The van der Waals surface area contributed by atoms with E-state index in [2.05, 4.69) is 35.6 Å². The number of hydrogen-bond donors (Lipinski definition) is 1. The van der Waals surface area contributed by atoms with Gasteiger partial charge in [-0.1, -0.05) is 49.6 Å². The van der Waals surface area contributed by atoms with Crippen molar-refractivity contribution in [3.8, 4) is 0 Å². The normalized spacial score (nSPS) is 40.4. The van der Waals surface area contributed by atoms with Gasteiger partial charge in [0, 0.05) is 11.9 Å². The van der Waals surface area contributed by atoms with Crippen molar-refractivity contribution in [2.24, 2.45) is 16.7 Å². The molecule has 1 N–H and O–H groups in total. The Morgan fingerprint density at radius 2 is 1.81 bits per heavy atom. The van der Waals surface area contributed by atoms with Gasteiger partial charge >= 0.3 is 0 Å². The van der Waals surface area contributed by atoms with Crippen LogP contribution >= 0.6 is 11.6 Å². The van der Waals surface area contributed by atoms with E-state index >= 15 is 0 Å². The summed E-state index contributed by atoms with van der Waals surface area (Å²) in [4.78, 5) is 13.8. The van der Waals surface area contributed by atoms with Crippen molar-refractivity contribution in [2.75, 3.05) is 5.88 Å². The van der Waals surface area contributed by atoms with E-state index in [4.69, 9.17) is 11.6 Å². The zero-order valence-electron chi connectivity index (χ0n) is 16.3. The number of rotatable bonds is 5. The van der Waals surface area contributed by atoms with Crippen molar-refractivity contribution in [2.45, 2.75) is 82.1 Å². The topological polar surface area (TPSA) is 29.1 Å². The highest BCUT2D eigenvalue weighted by atomic mass is 35.5. The summed E-state index contributed by atoms with van der Waals surface area (Å²) in [6.07, 6.45) is 13.0. The number of carbonyl (C=O) groups is 1. The summed E-state index contributed by atoms with van der Waals surface area (Å²) in [5.74, 6) is 1.74. The van der Waals surface area contributed by atoms with Gasteiger partial charge in [-0.05, 0) is 73.7 Å². The molecule has 146 valence electrons. The van der Waals surface area contributed by atoms with Crippen molar-refractivity contribution in [1.29, 1.82) is 0 Å². The number of carbonyl (C=O) groups excluding carboxylic acids is 1. The van der Waals surface area contributed by atoms with Gasteiger partial charge in [0.05, 0.1) is 5.41 Å². The molecule has 0 aliphatic heterocycles. The second-order valence-electron chi connectivity index (χ2n) is 10.1. The highest BCUT2D eigenvalue weighted by Gasteiger charge is 2.74. The monoisotopic (exact) mass is 385 g/mol. The Labute approximate surface area is 168 Å². The standard InChI is InChI=1S/C24H32ClNO/c25-12-11-23-14-18-13-22(16-23,19-7-3-1-4-8-19)17-24(23,15-18)21(27)26-20-9-5-2-6-10-20/h1,3-4,7-8,18,20H,2,5-6,9-17H2,(H,26,27)/t18?,22-,23-,24?/m1/s1. The van der Waals surface area contributed by atoms with Crippen LogP contribution in [0.3, 0.4) is 0 Å². The van der Waals surface area contributed by atoms with E-state index in [-0.39, 0.29) is 16.2 Å². The minimum atomic E-state index is -0.182. The van der Waals surface area contributed by atoms with Crippen molar-refractivity contribution < 1.29 is 4.79 Å². The van der Waals surface area contributed by atoms with Crippen molar-refractivity contribution in [1.82, 2.24) is 5.32 Å². The zero-order chi connectivity index (χ0) is 18.5. The predicted molar refractivity (Wildman–Crippen MR) is 110 cm³/mol. The number of nitrogens with one attached hydrogen (secondary N) is 1. The Morgan fingerprint density at radius 1 is 1.04 bits per heavy atom. The average molecular weight is 386 g/mol. The minimum Gasteiger partial charge on any atom is -0.353 e. The van der Waals surface area contributed by atoms with Gasteiger partial charge in [0.2, 0.25) is 5.91 Å². The van der Waals surface area contributed by atoms with Gasteiger partial charge in [-0.3, -0.25) is 4.79 Å². The number of alkyl halides is 1. The van der Waals surface area contributed by atoms with Crippen LogP contribution in [0.5, 0.6) is 0 Å². The number of hydrogen-bond acceptors (Lipinski definition) is 1. The molecule has 1 aromatic carbocycles. The van der Waals surface area contributed by atoms with Crippen LogP contribution in [0.4, 0.5) is 0 Å². The van der Waals surface area contributed by atoms with Gasteiger partial charge in [-0.15, -0.1) is 11.6 Å². The maximum Gasteiger partial charge on any atom is 0.227 e. The first-order valence-corrected chi connectivity index (χ1v) is 11.6. The van der Waals surface area contributed by atoms with Gasteiger partial charge in [0.1, 0.15) is 0 Å². The first kappa shape index (κ1) is 18.0. The zero-order valence-corrected chi connectivity index (χ0v) is 17.1. The Morgan fingerprint density at radius 3 is 2.56 bits per heavy atom. The lowest BCUT2D eigenvalue weighted by Crippen LogP contribution is -2.50. The van der Waals surface area contributed by atoms with E-state index in [1.165, 1.54) is 37.7 Å². The fourth-order valence-corrected chi connectivity index (χ4v) is 8.23. The van der Waals surface area contributed by atoms with Crippen LogP contribution in [0.25, 0.3) is 0 Å². The fourth-order valence-electron chi connectivity index (χ4n) is 7.87. The number of halogens is 1. The van der Waals surface area contributed by atoms with Crippen molar-refractivity contribution in [3.05, 3.63) is 35.9 Å². The highest BCUT2D eigenvalue weighted by Crippen LogP contribution is 2.77. The van der Waals surface area contributed by atoms with E-state index < -0.39 is 0 Å². The Kier molecular flexibility index (Phi) is 4.35. The van der Waals surface area contributed by atoms with E-state index in [9.17, 15) is 4.79 Å². The lowest BCUT2D eigenvalue weighted by Gasteiger charge is -2.41. The van der Waals surface area contributed by atoms with Crippen LogP contribution < -0.4 is 5.32 Å². The van der Waals surface area contributed by atoms with E-state index in [0.717, 1.165) is 38.5 Å². The van der Waals surface area contributed by atoms with Gasteiger partial charge in [-0.25, -0.2) is 0 Å². The highest BCUT2D eigenvalue weighted by molar-refractivity contribution is 6.17.